The second-order valence-electron chi connectivity index (χ2n) is 6.80. The van der Waals surface area contributed by atoms with Crippen LogP contribution < -0.4 is 5.32 Å². The molecule has 1 amide bonds. The van der Waals surface area contributed by atoms with E-state index in [1.165, 1.54) is 16.4 Å². The van der Waals surface area contributed by atoms with Crippen molar-refractivity contribution in [1.29, 1.82) is 0 Å². The highest BCUT2D eigenvalue weighted by Gasteiger charge is 2.33. The summed E-state index contributed by atoms with van der Waals surface area (Å²) in [5.74, 6) is -0.911. The van der Waals surface area contributed by atoms with Gasteiger partial charge in [0, 0.05) is 13.1 Å². The number of piperidine rings is 1. The molecular formula is C20H23FN2O3S. The monoisotopic (exact) mass is 390 g/mol. The summed E-state index contributed by atoms with van der Waals surface area (Å²) in [4.78, 5) is 12.9. The quantitative estimate of drug-likeness (QED) is 0.853. The van der Waals surface area contributed by atoms with Crippen molar-refractivity contribution in [1.82, 2.24) is 9.62 Å². The lowest BCUT2D eigenvalue weighted by Crippen LogP contribution is -2.45. The van der Waals surface area contributed by atoms with Crippen LogP contribution in [0.3, 0.4) is 0 Å². The third-order valence-electron chi connectivity index (χ3n) is 4.86. The number of nitrogens with zero attached hydrogens (tertiary/aromatic N) is 1. The van der Waals surface area contributed by atoms with Crippen LogP contribution in [0.2, 0.25) is 0 Å². The summed E-state index contributed by atoms with van der Waals surface area (Å²) in [5, 5.41) is 2.91. The van der Waals surface area contributed by atoms with E-state index in [9.17, 15) is 17.6 Å². The van der Waals surface area contributed by atoms with Crippen molar-refractivity contribution in [2.45, 2.75) is 30.7 Å². The first-order valence-electron chi connectivity index (χ1n) is 8.99. The number of hydrogen-bond acceptors (Lipinski definition) is 3. The standard InChI is InChI=1S/C20H23FN2O3S/c1-15(16-9-11-18(21)12-10-16)22-20(24)17-6-5-13-23(14-17)27(25,26)19-7-3-2-4-8-19/h2-4,7-12,15,17H,5-6,13-14H2,1H3,(H,22,24)/t15-,17+/m0/s1. The minimum absolute atomic E-state index is 0.166. The van der Waals surface area contributed by atoms with Crippen LogP contribution in [0.1, 0.15) is 31.4 Å². The number of nitrogens with one attached hydrogen (secondary N) is 1. The van der Waals surface area contributed by atoms with Crippen molar-refractivity contribution in [2.75, 3.05) is 13.1 Å². The van der Waals surface area contributed by atoms with Gasteiger partial charge in [-0.05, 0) is 49.6 Å². The van der Waals surface area contributed by atoms with E-state index < -0.39 is 15.9 Å². The van der Waals surface area contributed by atoms with Crippen molar-refractivity contribution in [3.05, 3.63) is 66.0 Å². The summed E-state index contributed by atoms with van der Waals surface area (Å²) in [7, 11) is -3.60. The normalized spacial score (nSPS) is 19.4. The Bertz CT molecular complexity index is 885. The number of halogens is 1. The van der Waals surface area contributed by atoms with E-state index in [0.29, 0.717) is 19.4 Å². The fourth-order valence-electron chi connectivity index (χ4n) is 3.28. The molecule has 0 radical (unpaired) electrons. The van der Waals surface area contributed by atoms with Crippen molar-refractivity contribution >= 4 is 15.9 Å². The maximum absolute atomic E-state index is 13.0. The molecule has 1 N–H and O–H groups in total. The van der Waals surface area contributed by atoms with E-state index in [2.05, 4.69) is 5.32 Å². The molecule has 27 heavy (non-hydrogen) atoms. The average molecular weight is 390 g/mol. The predicted molar refractivity (Wildman–Crippen MR) is 101 cm³/mol. The molecule has 0 aliphatic carbocycles. The van der Waals surface area contributed by atoms with Crippen LogP contribution in [-0.2, 0) is 14.8 Å². The fraction of sp³-hybridized carbons (Fsp3) is 0.350. The van der Waals surface area contributed by atoms with Gasteiger partial charge >= 0.3 is 0 Å². The zero-order chi connectivity index (χ0) is 19.4. The van der Waals surface area contributed by atoms with Crippen LogP contribution in [0.5, 0.6) is 0 Å². The Labute approximate surface area is 159 Å². The van der Waals surface area contributed by atoms with Crippen LogP contribution in [0.15, 0.2) is 59.5 Å². The van der Waals surface area contributed by atoms with Gasteiger partial charge in [-0.1, -0.05) is 30.3 Å². The maximum atomic E-state index is 13.0. The van der Waals surface area contributed by atoms with Crippen molar-refractivity contribution < 1.29 is 17.6 Å². The molecule has 0 bridgehead atoms. The Morgan fingerprint density at radius 1 is 1.15 bits per heavy atom. The van der Waals surface area contributed by atoms with Crippen LogP contribution in [0, 0.1) is 11.7 Å². The highest BCUT2D eigenvalue weighted by atomic mass is 32.2. The fourth-order valence-corrected chi connectivity index (χ4v) is 4.83. The van der Waals surface area contributed by atoms with Gasteiger partial charge in [-0.2, -0.15) is 4.31 Å². The molecule has 7 heteroatoms. The van der Waals surface area contributed by atoms with Crippen LogP contribution in [0.4, 0.5) is 4.39 Å². The molecule has 0 saturated carbocycles. The molecule has 2 aromatic carbocycles. The summed E-state index contributed by atoms with van der Waals surface area (Å²) in [6.07, 6.45) is 1.28. The third kappa shape index (κ3) is 4.54. The van der Waals surface area contributed by atoms with Gasteiger partial charge in [0.15, 0.2) is 0 Å². The lowest BCUT2D eigenvalue weighted by atomic mass is 9.98. The minimum Gasteiger partial charge on any atom is -0.349 e. The molecule has 0 aromatic heterocycles. The van der Waals surface area contributed by atoms with Gasteiger partial charge in [-0.15, -0.1) is 0 Å². The zero-order valence-electron chi connectivity index (χ0n) is 15.1. The Morgan fingerprint density at radius 3 is 2.48 bits per heavy atom. The van der Waals surface area contributed by atoms with Gasteiger partial charge in [-0.3, -0.25) is 4.79 Å². The van der Waals surface area contributed by atoms with Crippen molar-refractivity contribution in [2.24, 2.45) is 5.92 Å². The van der Waals surface area contributed by atoms with E-state index in [0.717, 1.165) is 5.56 Å². The topological polar surface area (TPSA) is 66.5 Å². The summed E-state index contributed by atoms with van der Waals surface area (Å²) >= 11 is 0. The van der Waals surface area contributed by atoms with Gasteiger partial charge in [-0.25, -0.2) is 12.8 Å². The first kappa shape index (κ1) is 19.5. The number of carbonyl (C=O) groups excluding carboxylic acids is 1. The second-order valence-corrected chi connectivity index (χ2v) is 8.74. The molecule has 2 atom stereocenters. The van der Waals surface area contributed by atoms with Crippen LogP contribution >= 0.6 is 0 Å². The summed E-state index contributed by atoms with van der Waals surface area (Å²) in [6.45, 7) is 2.40. The molecule has 0 spiro atoms. The molecule has 0 unspecified atom stereocenters. The van der Waals surface area contributed by atoms with Crippen LogP contribution in [0.25, 0.3) is 0 Å². The minimum atomic E-state index is -3.60. The average Bonchev–Trinajstić information content (AvgIpc) is 2.69. The largest absolute Gasteiger partial charge is 0.349 e. The van der Waals surface area contributed by atoms with Gasteiger partial charge in [0.25, 0.3) is 0 Å². The highest BCUT2D eigenvalue weighted by Crippen LogP contribution is 2.24. The van der Waals surface area contributed by atoms with E-state index in [1.807, 2.05) is 6.92 Å². The second kappa shape index (κ2) is 8.19. The van der Waals surface area contributed by atoms with Crippen LogP contribution in [-0.4, -0.2) is 31.7 Å². The predicted octanol–water partition coefficient (Wildman–Crippen LogP) is 3.10. The van der Waals surface area contributed by atoms with E-state index in [4.69, 9.17) is 0 Å². The van der Waals surface area contributed by atoms with E-state index in [1.54, 1.807) is 42.5 Å². The molecule has 2 aromatic rings. The molecule has 1 aliphatic heterocycles. The lowest BCUT2D eigenvalue weighted by Gasteiger charge is -2.32. The van der Waals surface area contributed by atoms with E-state index >= 15 is 0 Å². The molecule has 1 fully saturated rings. The van der Waals surface area contributed by atoms with Gasteiger partial charge in [0.2, 0.25) is 15.9 Å². The number of sulfonamides is 1. The Hall–Kier alpha value is -2.25. The first-order valence-corrected chi connectivity index (χ1v) is 10.4. The molecule has 144 valence electrons. The molecule has 1 saturated heterocycles. The zero-order valence-corrected chi connectivity index (χ0v) is 16.0. The molecular weight excluding hydrogens is 367 g/mol. The molecule has 1 heterocycles. The molecule has 3 rings (SSSR count). The molecule has 1 aliphatic rings. The third-order valence-corrected chi connectivity index (χ3v) is 6.74. The van der Waals surface area contributed by atoms with Crippen molar-refractivity contribution in [3.8, 4) is 0 Å². The summed E-state index contributed by atoms with van der Waals surface area (Å²) < 4.78 is 40.0. The Balaban J connectivity index is 1.67. The lowest BCUT2D eigenvalue weighted by molar-refractivity contribution is -0.126. The number of rotatable bonds is 5. The van der Waals surface area contributed by atoms with Crippen molar-refractivity contribution in [3.63, 3.8) is 0 Å². The highest BCUT2D eigenvalue weighted by molar-refractivity contribution is 7.89. The number of amides is 1. The SMILES string of the molecule is C[C@H](NC(=O)[C@@H]1CCCN(S(=O)(=O)c2ccccc2)C1)c1ccc(F)cc1. The molecule has 5 nitrogen and oxygen atoms in total. The van der Waals surface area contributed by atoms with E-state index in [-0.39, 0.29) is 29.2 Å². The number of carbonyl (C=O) groups is 1. The Kier molecular flexibility index (Phi) is 5.92. The summed E-state index contributed by atoms with van der Waals surface area (Å²) in [5.41, 5.74) is 0.800. The van der Waals surface area contributed by atoms with Gasteiger partial charge in [0.05, 0.1) is 16.9 Å². The van der Waals surface area contributed by atoms with Gasteiger partial charge < -0.3 is 5.32 Å². The number of benzene rings is 2. The number of hydrogen-bond donors (Lipinski definition) is 1. The van der Waals surface area contributed by atoms with Gasteiger partial charge in [0.1, 0.15) is 5.82 Å². The maximum Gasteiger partial charge on any atom is 0.243 e. The summed E-state index contributed by atoms with van der Waals surface area (Å²) in [6, 6.07) is 14.0. The smallest absolute Gasteiger partial charge is 0.243 e. The first-order chi connectivity index (χ1) is 12.9. The Morgan fingerprint density at radius 2 is 1.81 bits per heavy atom.